The van der Waals surface area contributed by atoms with Crippen LogP contribution in [0.2, 0.25) is 0 Å². The highest BCUT2D eigenvalue weighted by Crippen LogP contribution is 2.23. The predicted molar refractivity (Wildman–Crippen MR) is 80.5 cm³/mol. The summed E-state index contributed by atoms with van der Waals surface area (Å²) in [7, 11) is 0. The minimum atomic E-state index is -0.641. The minimum absolute atomic E-state index is 0.641. The first-order valence-electron chi connectivity index (χ1n) is 7.41. The molecule has 0 atom stereocenters. The van der Waals surface area contributed by atoms with E-state index in [1.165, 1.54) is 23.8 Å². The summed E-state index contributed by atoms with van der Waals surface area (Å²) in [6.45, 7) is 5.40. The summed E-state index contributed by atoms with van der Waals surface area (Å²) in [5.41, 5.74) is 1.68. The standard InChI is InChI=1S/C16H23N3O/c1-16(2,20)7-9-19-11-12(10-18-13-5-6-13)14-4-3-8-17-15(14)19/h3-4,8,11,13,18,20H,5-7,9-10H2,1-2H3. The monoisotopic (exact) mass is 273 g/mol. The second kappa shape index (κ2) is 5.19. The van der Waals surface area contributed by atoms with Gasteiger partial charge in [-0.05, 0) is 50.8 Å². The molecule has 1 aliphatic rings. The molecule has 2 heterocycles. The summed E-state index contributed by atoms with van der Waals surface area (Å²) in [6.07, 6.45) is 7.34. The fourth-order valence-corrected chi connectivity index (χ4v) is 2.44. The van der Waals surface area contributed by atoms with E-state index >= 15 is 0 Å². The summed E-state index contributed by atoms with van der Waals surface area (Å²) in [4.78, 5) is 4.50. The Bertz CT molecular complexity index is 593. The van der Waals surface area contributed by atoms with Gasteiger partial charge in [0.05, 0.1) is 5.60 Å². The molecule has 0 amide bonds. The quantitative estimate of drug-likeness (QED) is 0.850. The Morgan fingerprint density at radius 3 is 2.95 bits per heavy atom. The normalized spacial score (nSPS) is 15.9. The van der Waals surface area contributed by atoms with E-state index in [1.54, 1.807) is 0 Å². The number of fused-ring (bicyclic) bond motifs is 1. The Kier molecular flexibility index (Phi) is 3.52. The van der Waals surface area contributed by atoms with Gasteiger partial charge in [0.15, 0.2) is 0 Å². The molecule has 1 fully saturated rings. The lowest BCUT2D eigenvalue weighted by Crippen LogP contribution is -2.21. The van der Waals surface area contributed by atoms with Gasteiger partial charge in [0, 0.05) is 36.9 Å². The van der Waals surface area contributed by atoms with E-state index in [0.717, 1.165) is 25.2 Å². The molecule has 0 aliphatic heterocycles. The van der Waals surface area contributed by atoms with Gasteiger partial charge in [-0.2, -0.15) is 0 Å². The van der Waals surface area contributed by atoms with Crippen LogP contribution in [0.1, 0.15) is 38.7 Å². The van der Waals surface area contributed by atoms with Crippen LogP contribution in [0.15, 0.2) is 24.5 Å². The number of nitrogens with one attached hydrogen (secondary N) is 1. The third kappa shape index (κ3) is 3.19. The predicted octanol–water partition coefficient (Wildman–Crippen LogP) is 2.45. The number of rotatable bonds is 6. The van der Waals surface area contributed by atoms with Crippen LogP contribution in [0.3, 0.4) is 0 Å². The minimum Gasteiger partial charge on any atom is -0.390 e. The maximum atomic E-state index is 9.90. The van der Waals surface area contributed by atoms with Crippen molar-refractivity contribution in [2.45, 2.75) is 57.8 Å². The van der Waals surface area contributed by atoms with Gasteiger partial charge in [-0.1, -0.05) is 0 Å². The smallest absolute Gasteiger partial charge is 0.140 e. The Morgan fingerprint density at radius 1 is 1.45 bits per heavy atom. The molecule has 0 radical (unpaired) electrons. The van der Waals surface area contributed by atoms with Gasteiger partial charge in [-0.25, -0.2) is 4.98 Å². The molecule has 0 aromatic carbocycles. The van der Waals surface area contributed by atoms with E-state index < -0.39 is 5.60 Å². The second-order valence-corrected chi connectivity index (χ2v) is 6.44. The Morgan fingerprint density at radius 2 is 2.25 bits per heavy atom. The van der Waals surface area contributed by atoms with E-state index in [1.807, 2.05) is 26.1 Å². The van der Waals surface area contributed by atoms with Gasteiger partial charge in [-0.3, -0.25) is 0 Å². The van der Waals surface area contributed by atoms with Crippen LogP contribution >= 0.6 is 0 Å². The highest BCUT2D eigenvalue weighted by atomic mass is 16.3. The van der Waals surface area contributed by atoms with Crippen molar-refractivity contribution in [1.29, 1.82) is 0 Å². The molecule has 4 heteroatoms. The second-order valence-electron chi connectivity index (χ2n) is 6.44. The van der Waals surface area contributed by atoms with Gasteiger partial charge in [0.25, 0.3) is 0 Å². The number of pyridine rings is 1. The highest BCUT2D eigenvalue weighted by Gasteiger charge is 2.21. The number of aromatic nitrogens is 2. The number of nitrogens with zero attached hydrogens (tertiary/aromatic N) is 2. The van der Waals surface area contributed by atoms with Gasteiger partial charge in [0.2, 0.25) is 0 Å². The molecule has 2 N–H and O–H groups in total. The molecule has 2 aromatic heterocycles. The average Bonchev–Trinajstić information content (AvgIpc) is 3.16. The summed E-state index contributed by atoms with van der Waals surface area (Å²) in [5.74, 6) is 0. The lowest BCUT2D eigenvalue weighted by Gasteiger charge is -2.17. The summed E-state index contributed by atoms with van der Waals surface area (Å²) in [6, 6.07) is 4.83. The van der Waals surface area contributed by atoms with Gasteiger partial charge in [0.1, 0.15) is 5.65 Å². The first-order chi connectivity index (χ1) is 9.53. The fourth-order valence-electron chi connectivity index (χ4n) is 2.44. The summed E-state index contributed by atoms with van der Waals surface area (Å²) < 4.78 is 2.16. The number of hydrogen-bond donors (Lipinski definition) is 2. The summed E-state index contributed by atoms with van der Waals surface area (Å²) >= 11 is 0. The zero-order valence-corrected chi connectivity index (χ0v) is 12.3. The molecule has 3 rings (SSSR count). The first kappa shape index (κ1) is 13.6. The van der Waals surface area contributed by atoms with Crippen molar-refractivity contribution in [2.75, 3.05) is 0 Å². The van der Waals surface area contributed by atoms with E-state index in [0.29, 0.717) is 6.04 Å². The Labute approximate surface area is 119 Å². The largest absolute Gasteiger partial charge is 0.390 e. The molecular weight excluding hydrogens is 250 g/mol. The molecule has 108 valence electrons. The van der Waals surface area contributed by atoms with Crippen molar-refractivity contribution in [3.05, 3.63) is 30.1 Å². The van der Waals surface area contributed by atoms with Crippen LogP contribution in [0.25, 0.3) is 11.0 Å². The van der Waals surface area contributed by atoms with E-state index in [-0.39, 0.29) is 0 Å². The maximum Gasteiger partial charge on any atom is 0.140 e. The number of aliphatic hydroxyl groups is 1. The zero-order chi connectivity index (χ0) is 14.2. The van der Waals surface area contributed by atoms with Gasteiger partial charge >= 0.3 is 0 Å². The van der Waals surface area contributed by atoms with Crippen LogP contribution in [0.4, 0.5) is 0 Å². The molecule has 0 spiro atoms. The van der Waals surface area contributed by atoms with Crippen molar-refractivity contribution < 1.29 is 5.11 Å². The summed E-state index contributed by atoms with van der Waals surface area (Å²) in [5, 5.41) is 14.7. The van der Waals surface area contributed by atoms with E-state index in [4.69, 9.17) is 0 Å². The first-order valence-corrected chi connectivity index (χ1v) is 7.41. The number of aryl methyl sites for hydroxylation is 1. The lowest BCUT2D eigenvalue weighted by molar-refractivity contribution is 0.0665. The molecule has 20 heavy (non-hydrogen) atoms. The molecular formula is C16H23N3O. The van der Waals surface area contributed by atoms with Crippen LogP contribution in [-0.4, -0.2) is 26.3 Å². The average molecular weight is 273 g/mol. The van der Waals surface area contributed by atoms with Crippen LogP contribution in [-0.2, 0) is 13.1 Å². The van der Waals surface area contributed by atoms with Crippen LogP contribution in [0, 0.1) is 0 Å². The van der Waals surface area contributed by atoms with Crippen molar-refractivity contribution in [3.63, 3.8) is 0 Å². The molecule has 1 aliphatic carbocycles. The lowest BCUT2D eigenvalue weighted by atomic mass is 10.1. The number of hydrogen-bond acceptors (Lipinski definition) is 3. The Balaban J connectivity index is 1.83. The third-order valence-electron chi connectivity index (χ3n) is 3.84. The molecule has 1 saturated carbocycles. The molecule has 0 bridgehead atoms. The topological polar surface area (TPSA) is 50.1 Å². The fraction of sp³-hybridized carbons (Fsp3) is 0.562. The molecule has 2 aromatic rings. The van der Waals surface area contributed by atoms with Crippen LogP contribution < -0.4 is 5.32 Å². The maximum absolute atomic E-state index is 9.90. The van der Waals surface area contributed by atoms with E-state index in [9.17, 15) is 5.11 Å². The molecule has 4 nitrogen and oxygen atoms in total. The van der Waals surface area contributed by atoms with E-state index in [2.05, 4.69) is 27.1 Å². The van der Waals surface area contributed by atoms with Gasteiger partial charge < -0.3 is 15.0 Å². The highest BCUT2D eigenvalue weighted by molar-refractivity contribution is 5.80. The Hall–Kier alpha value is -1.39. The van der Waals surface area contributed by atoms with Crippen LogP contribution in [0.5, 0.6) is 0 Å². The van der Waals surface area contributed by atoms with Crippen molar-refractivity contribution in [1.82, 2.24) is 14.9 Å². The van der Waals surface area contributed by atoms with Crippen molar-refractivity contribution >= 4 is 11.0 Å². The molecule has 0 unspecified atom stereocenters. The molecule has 0 saturated heterocycles. The van der Waals surface area contributed by atoms with Gasteiger partial charge in [-0.15, -0.1) is 0 Å². The third-order valence-corrected chi connectivity index (χ3v) is 3.84. The van der Waals surface area contributed by atoms with Crippen molar-refractivity contribution in [3.8, 4) is 0 Å². The van der Waals surface area contributed by atoms with Crippen molar-refractivity contribution in [2.24, 2.45) is 0 Å². The zero-order valence-electron chi connectivity index (χ0n) is 12.3. The SMILES string of the molecule is CC(C)(O)CCn1cc(CNC2CC2)c2cccnc21.